The molecule has 1 aliphatic rings. The molecule has 0 aromatic carbocycles. The summed E-state index contributed by atoms with van der Waals surface area (Å²) in [7, 11) is 0. The van der Waals surface area contributed by atoms with Crippen molar-refractivity contribution in [3.63, 3.8) is 0 Å². The van der Waals surface area contributed by atoms with Crippen molar-refractivity contribution >= 4 is 5.91 Å². The minimum absolute atomic E-state index is 0.130. The van der Waals surface area contributed by atoms with Crippen molar-refractivity contribution in [2.75, 3.05) is 13.2 Å². The Morgan fingerprint density at radius 1 is 0.617 bits per heavy atom. The van der Waals surface area contributed by atoms with E-state index in [-0.39, 0.29) is 12.8 Å². The average molecular weight is 858 g/mol. The van der Waals surface area contributed by atoms with E-state index >= 15 is 0 Å². The smallest absolute Gasteiger partial charge is 0.249 e. The Bertz CT molecular complexity index is 999. The molecule has 9 unspecified atom stereocenters. The van der Waals surface area contributed by atoms with Gasteiger partial charge in [-0.15, -0.1) is 0 Å². The molecular weight excluding hydrogens is 763 g/mol. The predicted octanol–water partition coefficient (Wildman–Crippen LogP) is 8.70. The van der Waals surface area contributed by atoms with Crippen LogP contribution < -0.4 is 5.32 Å². The van der Waals surface area contributed by atoms with E-state index < -0.39 is 74.2 Å². The van der Waals surface area contributed by atoms with E-state index in [1.165, 1.54) is 141 Å². The Morgan fingerprint density at radius 3 is 1.53 bits per heavy atom. The van der Waals surface area contributed by atoms with Gasteiger partial charge in [0, 0.05) is 0 Å². The van der Waals surface area contributed by atoms with E-state index in [0.29, 0.717) is 6.42 Å². The van der Waals surface area contributed by atoms with Crippen LogP contribution in [-0.4, -0.2) is 110 Å². The molecule has 1 fully saturated rings. The van der Waals surface area contributed by atoms with Gasteiger partial charge in [0.15, 0.2) is 6.29 Å². The van der Waals surface area contributed by atoms with Gasteiger partial charge < -0.3 is 50.5 Å². The lowest BCUT2D eigenvalue weighted by Crippen LogP contribution is -2.60. The van der Waals surface area contributed by atoms with Crippen molar-refractivity contribution < 1.29 is 50.0 Å². The third-order valence-corrected chi connectivity index (χ3v) is 12.3. The highest BCUT2D eigenvalue weighted by Crippen LogP contribution is 2.23. The van der Waals surface area contributed by atoms with Crippen molar-refractivity contribution in [2.45, 2.75) is 275 Å². The van der Waals surface area contributed by atoms with Crippen LogP contribution in [0.3, 0.4) is 0 Å². The van der Waals surface area contributed by atoms with Crippen LogP contribution in [-0.2, 0) is 14.3 Å². The molecule has 356 valence electrons. The van der Waals surface area contributed by atoms with E-state index in [4.69, 9.17) is 9.47 Å². The molecule has 0 saturated carbocycles. The Kier molecular flexibility index (Phi) is 36.3. The quantitative estimate of drug-likeness (QED) is 0.0218. The molecule has 1 amide bonds. The second-order valence-electron chi connectivity index (χ2n) is 18.4. The van der Waals surface area contributed by atoms with Gasteiger partial charge in [-0.3, -0.25) is 4.79 Å². The summed E-state index contributed by atoms with van der Waals surface area (Å²) in [4.78, 5) is 13.1. The number of rotatable bonds is 41. The van der Waals surface area contributed by atoms with Gasteiger partial charge in [0.1, 0.15) is 36.6 Å². The van der Waals surface area contributed by atoms with Crippen molar-refractivity contribution in [3.05, 3.63) is 12.2 Å². The maximum atomic E-state index is 13.1. The summed E-state index contributed by atoms with van der Waals surface area (Å²) >= 11 is 0. The maximum Gasteiger partial charge on any atom is 0.249 e. The summed E-state index contributed by atoms with van der Waals surface area (Å²) in [6.45, 7) is 5.72. The van der Waals surface area contributed by atoms with Crippen molar-refractivity contribution in [3.8, 4) is 0 Å². The summed E-state index contributed by atoms with van der Waals surface area (Å²) < 4.78 is 11.1. The molecule has 0 aliphatic carbocycles. The van der Waals surface area contributed by atoms with Crippen LogP contribution in [0.25, 0.3) is 0 Å². The van der Waals surface area contributed by atoms with Crippen molar-refractivity contribution in [1.29, 1.82) is 0 Å². The number of amides is 1. The van der Waals surface area contributed by atoms with E-state index in [9.17, 15) is 40.5 Å². The van der Waals surface area contributed by atoms with Crippen LogP contribution in [0.15, 0.2) is 12.2 Å². The number of ether oxygens (including phenoxy) is 2. The monoisotopic (exact) mass is 858 g/mol. The number of unbranched alkanes of at least 4 members (excludes halogenated alkanes) is 26. The van der Waals surface area contributed by atoms with Gasteiger partial charge in [-0.05, 0) is 31.6 Å². The topological polar surface area (TPSA) is 189 Å². The van der Waals surface area contributed by atoms with E-state index in [2.05, 4.69) is 26.1 Å². The summed E-state index contributed by atoms with van der Waals surface area (Å²) in [6, 6.07) is -1.20. The van der Waals surface area contributed by atoms with Crippen LogP contribution in [0, 0.1) is 5.92 Å². The maximum absolute atomic E-state index is 13.1. The fourth-order valence-electron chi connectivity index (χ4n) is 8.09. The second kappa shape index (κ2) is 38.3. The largest absolute Gasteiger partial charge is 0.394 e. The first-order chi connectivity index (χ1) is 29.0. The first kappa shape index (κ1) is 56.9. The molecule has 0 radical (unpaired) electrons. The summed E-state index contributed by atoms with van der Waals surface area (Å²) in [5.74, 6) is 0.0589. The summed E-state index contributed by atoms with van der Waals surface area (Å²) in [5.41, 5.74) is 0. The van der Waals surface area contributed by atoms with Gasteiger partial charge in [0.25, 0.3) is 0 Å². The number of nitrogens with one attached hydrogen (secondary N) is 1. The zero-order chi connectivity index (χ0) is 44.2. The molecule has 1 heterocycles. The van der Waals surface area contributed by atoms with E-state index in [0.717, 1.165) is 44.4 Å². The zero-order valence-corrected chi connectivity index (χ0v) is 38.6. The normalized spacial score (nSPS) is 21.8. The Labute approximate surface area is 366 Å². The Balaban J connectivity index is 2.40. The molecule has 0 spiro atoms. The molecule has 9 atom stereocenters. The third kappa shape index (κ3) is 28.5. The lowest BCUT2D eigenvalue weighted by atomic mass is 9.99. The molecule has 1 saturated heterocycles. The number of aliphatic hydroxyl groups is 7. The summed E-state index contributed by atoms with van der Waals surface area (Å²) in [6.07, 6.45) is 28.6. The van der Waals surface area contributed by atoms with E-state index in [1.807, 2.05) is 12.2 Å². The molecular formula is C49H95NO10. The molecule has 11 nitrogen and oxygen atoms in total. The first-order valence-electron chi connectivity index (χ1n) is 24.9. The average Bonchev–Trinajstić information content (AvgIpc) is 3.23. The zero-order valence-electron chi connectivity index (χ0n) is 38.6. The lowest BCUT2D eigenvalue weighted by molar-refractivity contribution is -0.303. The van der Waals surface area contributed by atoms with Crippen LogP contribution in [0.5, 0.6) is 0 Å². The van der Waals surface area contributed by atoms with Crippen LogP contribution in [0.1, 0.15) is 220 Å². The van der Waals surface area contributed by atoms with Crippen molar-refractivity contribution in [2.24, 2.45) is 5.92 Å². The van der Waals surface area contributed by atoms with Crippen LogP contribution >= 0.6 is 0 Å². The van der Waals surface area contributed by atoms with Gasteiger partial charge in [-0.25, -0.2) is 0 Å². The Hall–Kier alpha value is -1.15. The molecule has 0 aromatic heterocycles. The number of carbonyl (C=O) groups is 1. The minimum Gasteiger partial charge on any atom is -0.394 e. The van der Waals surface area contributed by atoms with Gasteiger partial charge in [0.2, 0.25) is 5.91 Å². The lowest BCUT2D eigenvalue weighted by Gasteiger charge is -2.40. The second-order valence-corrected chi connectivity index (χ2v) is 18.4. The molecule has 0 bridgehead atoms. The van der Waals surface area contributed by atoms with Gasteiger partial charge in [-0.2, -0.15) is 0 Å². The standard InChI is InChI=1S/C49H95NO10/c1-4-5-6-7-8-9-10-11-12-13-14-15-16-17-18-19-24-27-30-33-36-42(53)48(58)50-40(38-59-49-47(57)46(56)45(55)43(37-51)60-49)44(54)41(52)35-32-29-26-23-21-20-22-25-28-31-34-39(2)3/h29,32,39-47,49,51-57H,4-28,30-31,33-38H2,1-3H3,(H,50,58). The van der Waals surface area contributed by atoms with Gasteiger partial charge in [-0.1, -0.05) is 206 Å². The number of hydrogen-bond donors (Lipinski definition) is 8. The predicted molar refractivity (Wildman–Crippen MR) is 242 cm³/mol. The highest BCUT2D eigenvalue weighted by atomic mass is 16.7. The number of allylic oxidation sites excluding steroid dienone is 1. The molecule has 0 aromatic rings. The minimum atomic E-state index is -1.67. The molecule has 11 heteroatoms. The Morgan fingerprint density at radius 2 is 1.07 bits per heavy atom. The first-order valence-corrected chi connectivity index (χ1v) is 24.9. The molecule has 8 N–H and O–H groups in total. The molecule has 60 heavy (non-hydrogen) atoms. The number of hydrogen-bond acceptors (Lipinski definition) is 10. The van der Waals surface area contributed by atoms with Crippen LogP contribution in [0.4, 0.5) is 0 Å². The van der Waals surface area contributed by atoms with Crippen LogP contribution in [0.2, 0.25) is 0 Å². The molecule has 1 aliphatic heterocycles. The fraction of sp³-hybridized carbons (Fsp3) is 0.939. The highest BCUT2D eigenvalue weighted by molar-refractivity contribution is 5.80. The summed E-state index contributed by atoms with van der Waals surface area (Å²) in [5, 5.41) is 75.6. The SMILES string of the molecule is CCCCCCCCCCCCCCCCCCCCCCC(O)C(=O)NC(COC1OC(CO)C(O)C(O)C1O)C(O)C(O)CC=CCCCCCCCCCC(C)C. The molecule has 1 rings (SSSR count). The van der Waals surface area contributed by atoms with Gasteiger partial charge in [0.05, 0.1) is 25.4 Å². The number of aliphatic hydroxyl groups excluding tert-OH is 7. The van der Waals surface area contributed by atoms with Gasteiger partial charge >= 0.3 is 0 Å². The highest BCUT2D eigenvalue weighted by Gasteiger charge is 2.44. The van der Waals surface area contributed by atoms with E-state index in [1.54, 1.807) is 0 Å². The van der Waals surface area contributed by atoms with Crippen molar-refractivity contribution in [1.82, 2.24) is 5.32 Å². The number of carbonyl (C=O) groups excluding carboxylic acids is 1. The third-order valence-electron chi connectivity index (χ3n) is 12.3. The fourth-order valence-corrected chi connectivity index (χ4v) is 8.09.